The number of rotatable bonds is 4. The van der Waals surface area contributed by atoms with Gasteiger partial charge in [0.25, 0.3) is 0 Å². The number of benzene rings is 2. The Bertz CT molecular complexity index is 547. The van der Waals surface area contributed by atoms with Crippen molar-refractivity contribution in [2.75, 3.05) is 0 Å². The Kier molecular flexibility index (Phi) is 3.63. The minimum absolute atomic E-state index is 0.0481. The molecule has 3 nitrogen and oxygen atoms in total. The Morgan fingerprint density at radius 3 is 2.50 bits per heavy atom. The highest BCUT2D eigenvalue weighted by atomic mass is 16.5. The van der Waals surface area contributed by atoms with Gasteiger partial charge in [0.15, 0.2) is 5.78 Å². The largest absolute Gasteiger partial charge is 0.507 e. The summed E-state index contributed by atoms with van der Waals surface area (Å²) in [5.41, 5.74) is 1.36. The lowest BCUT2D eigenvalue weighted by molar-refractivity contribution is 0.101. The molecule has 2 rings (SSSR count). The van der Waals surface area contributed by atoms with Crippen molar-refractivity contribution in [1.29, 1.82) is 0 Å². The molecule has 0 unspecified atom stereocenters. The maximum Gasteiger partial charge on any atom is 0.163 e. The summed E-state index contributed by atoms with van der Waals surface area (Å²) in [5.74, 6) is 0.330. The smallest absolute Gasteiger partial charge is 0.163 e. The molecule has 0 saturated heterocycles. The van der Waals surface area contributed by atoms with Crippen LogP contribution >= 0.6 is 0 Å². The molecule has 18 heavy (non-hydrogen) atoms. The first kappa shape index (κ1) is 12.2. The summed E-state index contributed by atoms with van der Waals surface area (Å²) in [6.45, 7) is 1.85. The van der Waals surface area contributed by atoms with Crippen LogP contribution in [0.15, 0.2) is 48.5 Å². The van der Waals surface area contributed by atoms with Crippen molar-refractivity contribution < 1.29 is 14.6 Å². The Morgan fingerprint density at radius 1 is 1.17 bits per heavy atom. The van der Waals surface area contributed by atoms with Crippen LogP contribution < -0.4 is 4.74 Å². The van der Waals surface area contributed by atoms with E-state index in [1.54, 1.807) is 12.1 Å². The van der Waals surface area contributed by atoms with E-state index < -0.39 is 0 Å². The number of Topliss-reactive ketones (excluding diaryl/α,β-unsaturated/α-hetero) is 1. The van der Waals surface area contributed by atoms with Gasteiger partial charge in [0.05, 0.1) is 5.56 Å². The predicted octanol–water partition coefficient (Wildman–Crippen LogP) is 3.17. The third kappa shape index (κ3) is 2.88. The van der Waals surface area contributed by atoms with Gasteiger partial charge in [0.1, 0.15) is 18.1 Å². The lowest BCUT2D eigenvalue weighted by Gasteiger charge is -2.08. The van der Waals surface area contributed by atoms with Crippen LogP contribution in [0.2, 0.25) is 0 Å². The monoisotopic (exact) mass is 242 g/mol. The second-order valence-corrected chi connectivity index (χ2v) is 4.01. The van der Waals surface area contributed by atoms with Crippen LogP contribution in [0, 0.1) is 0 Å². The van der Waals surface area contributed by atoms with Crippen LogP contribution in [0.1, 0.15) is 22.8 Å². The molecule has 0 saturated carbocycles. The molecular weight excluding hydrogens is 228 g/mol. The maximum absolute atomic E-state index is 11.2. The first-order valence-electron chi connectivity index (χ1n) is 5.67. The van der Waals surface area contributed by atoms with Crippen LogP contribution in [-0.4, -0.2) is 10.9 Å². The number of ether oxygens (including phenoxy) is 1. The van der Waals surface area contributed by atoms with Gasteiger partial charge in [-0.25, -0.2) is 0 Å². The second kappa shape index (κ2) is 5.36. The molecule has 0 aliphatic rings. The molecule has 2 aromatic carbocycles. The highest BCUT2D eigenvalue weighted by molar-refractivity contribution is 5.96. The van der Waals surface area contributed by atoms with Gasteiger partial charge in [0, 0.05) is 6.07 Å². The molecule has 0 atom stereocenters. The number of carbonyl (C=O) groups excluding carboxylic acids is 1. The molecule has 0 spiro atoms. The standard InChI is InChI=1S/C15H14O3/c1-11(16)14-8-7-13(9-15(14)17)18-10-12-5-3-2-4-6-12/h2-9,17H,10H2,1H3. The van der Waals surface area contributed by atoms with Crippen molar-refractivity contribution in [2.24, 2.45) is 0 Å². The van der Waals surface area contributed by atoms with E-state index in [9.17, 15) is 9.90 Å². The number of ketones is 1. The Hall–Kier alpha value is -2.29. The van der Waals surface area contributed by atoms with Gasteiger partial charge in [-0.1, -0.05) is 30.3 Å². The Labute approximate surface area is 106 Å². The van der Waals surface area contributed by atoms with E-state index in [2.05, 4.69) is 0 Å². The lowest BCUT2D eigenvalue weighted by atomic mass is 10.1. The molecule has 92 valence electrons. The van der Waals surface area contributed by atoms with Gasteiger partial charge in [-0.05, 0) is 24.6 Å². The van der Waals surface area contributed by atoms with Gasteiger partial charge >= 0.3 is 0 Å². The minimum Gasteiger partial charge on any atom is -0.507 e. The summed E-state index contributed by atoms with van der Waals surface area (Å²) < 4.78 is 5.54. The van der Waals surface area contributed by atoms with E-state index in [0.29, 0.717) is 17.9 Å². The van der Waals surface area contributed by atoms with Gasteiger partial charge in [0.2, 0.25) is 0 Å². The first-order valence-corrected chi connectivity index (χ1v) is 5.67. The summed E-state index contributed by atoms with van der Waals surface area (Å²) in [4.78, 5) is 11.2. The maximum atomic E-state index is 11.2. The highest BCUT2D eigenvalue weighted by Gasteiger charge is 2.07. The number of phenolic OH excluding ortho intramolecular Hbond substituents is 1. The lowest BCUT2D eigenvalue weighted by Crippen LogP contribution is -1.97. The van der Waals surface area contributed by atoms with Gasteiger partial charge in [-0.2, -0.15) is 0 Å². The van der Waals surface area contributed by atoms with Gasteiger partial charge in [-0.3, -0.25) is 4.79 Å². The molecular formula is C15H14O3. The van der Waals surface area contributed by atoms with Crippen molar-refractivity contribution in [2.45, 2.75) is 13.5 Å². The van der Waals surface area contributed by atoms with Crippen molar-refractivity contribution in [3.63, 3.8) is 0 Å². The highest BCUT2D eigenvalue weighted by Crippen LogP contribution is 2.24. The van der Waals surface area contributed by atoms with Crippen molar-refractivity contribution in [3.05, 3.63) is 59.7 Å². The quantitative estimate of drug-likeness (QED) is 0.837. The molecule has 1 N–H and O–H groups in total. The fourth-order valence-electron chi connectivity index (χ4n) is 1.64. The summed E-state index contributed by atoms with van der Waals surface area (Å²) in [7, 11) is 0. The van der Waals surface area contributed by atoms with Gasteiger partial charge in [-0.15, -0.1) is 0 Å². The zero-order valence-corrected chi connectivity index (χ0v) is 10.1. The van der Waals surface area contributed by atoms with Crippen LogP contribution in [-0.2, 0) is 6.61 Å². The molecule has 2 aromatic rings. The van der Waals surface area contributed by atoms with Gasteiger partial charge < -0.3 is 9.84 Å². The Balaban J connectivity index is 2.07. The summed E-state index contributed by atoms with van der Waals surface area (Å²) in [6.07, 6.45) is 0. The Morgan fingerprint density at radius 2 is 1.89 bits per heavy atom. The van der Waals surface area contributed by atoms with Crippen molar-refractivity contribution in [3.8, 4) is 11.5 Å². The van der Waals surface area contributed by atoms with E-state index in [4.69, 9.17) is 4.74 Å². The number of hydrogen-bond acceptors (Lipinski definition) is 3. The number of aromatic hydroxyl groups is 1. The number of carbonyl (C=O) groups is 1. The average molecular weight is 242 g/mol. The van der Waals surface area contributed by atoms with E-state index in [-0.39, 0.29) is 11.5 Å². The molecule has 0 amide bonds. The van der Waals surface area contributed by atoms with Crippen LogP contribution in [0.4, 0.5) is 0 Å². The van der Waals surface area contributed by atoms with Crippen molar-refractivity contribution >= 4 is 5.78 Å². The van der Waals surface area contributed by atoms with Crippen LogP contribution in [0.25, 0.3) is 0 Å². The number of phenols is 1. The molecule has 0 bridgehead atoms. The third-order valence-corrected chi connectivity index (χ3v) is 2.60. The normalized spacial score (nSPS) is 10.1. The van der Waals surface area contributed by atoms with Crippen LogP contribution in [0.3, 0.4) is 0 Å². The van der Waals surface area contributed by atoms with E-state index in [0.717, 1.165) is 5.56 Å². The van der Waals surface area contributed by atoms with E-state index >= 15 is 0 Å². The summed E-state index contributed by atoms with van der Waals surface area (Å²) in [5, 5.41) is 9.66. The fourth-order valence-corrected chi connectivity index (χ4v) is 1.64. The molecule has 3 heteroatoms. The zero-order valence-electron chi connectivity index (χ0n) is 10.1. The molecule has 0 fully saturated rings. The first-order chi connectivity index (χ1) is 8.66. The van der Waals surface area contributed by atoms with E-state index in [1.807, 2.05) is 30.3 Å². The fraction of sp³-hybridized carbons (Fsp3) is 0.133. The van der Waals surface area contributed by atoms with Crippen molar-refractivity contribution in [1.82, 2.24) is 0 Å². The van der Waals surface area contributed by atoms with E-state index in [1.165, 1.54) is 13.0 Å². The topological polar surface area (TPSA) is 46.5 Å². The summed E-state index contributed by atoms with van der Waals surface area (Å²) >= 11 is 0. The minimum atomic E-state index is -0.165. The predicted molar refractivity (Wildman–Crippen MR) is 68.9 cm³/mol. The molecule has 0 heterocycles. The zero-order chi connectivity index (χ0) is 13.0. The third-order valence-electron chi connectivity index (χ3n) is 2.60. The molecule has 0 radical (unpaired) electrons. The molecule has 0 aliphatic carbocycles. The molecule has 0 aromatic heterocycles. The van der Waals surface area contributed by atoms with Crippen LogP contribution in [0.5, 0.6) is 11.5 Å². The second-order valence-electron chi connectivity index (χ2n) is 4.01. The summed E-state index contributed by atoms with van der Waals surface area (Å²) in [6, 6.07) is 14.5. The number of hydrogen-bond donors (Lipinski definition) is 1. The SMILES string of the molecule is CC(=O)c1ccc(OCc2ccccc2)cc1O. The molecule has 0 aliphatic heterocycles. The average Bonchev–Trinajstić information content (AvgIpc) is 2.37.